The Morgan fingerprint density at radius 2 is 2.05 bits per heavy atom. The fourth-order valence-electron chi connectivity index (χ4n) is 3.02. The molecule has 1 aromatic carbocycles. The number of methoxy groups -OCH3 is 1. The van der Waals surface area contributed by atoms with Gasteiger partial charge in [0.15, 0.2) is 9.84 Å². The van der Waals surface area contributed by atoms with E-state index >= 15 is 0 Å². The van der Waals surface area contributed by atoms with Crippen molar-refractivity contribution in [1.82, 2.24) is 5.32 Å². The second kappa shape index (κ2) is 7.27. The molecule has 1 N–H and O–H groups in total. The smallest absolute Gasteiger partial charge is 0.150 e. The quantitative estimate of drug-likeness (QED) is 0.837. The first-order chi connectivity index (χ1) is 10.0. The van der Waals surface area contributed by atoms with E-state index in [0.717, 1.165) is 31.6 Å². The lowest BCUT2D eigenvalue weighted by Crippen LogP contribution is -2.37. The van der Waals surface area contributed by atoms with E-state index in [-0.39, 0.29) is 12.0 Å². The van der Waals surface area contributed by atoms with E-state index in [2.05, 4.69) is 24.4 Å². The maximum Gasteiger partial charge on any atom is 0.150 e. The number of aryl methyl sites for hydroxylation is 1. The van der Waals surface area contributed by atoms with Crippen molar-refractivity contribution in [2.24, 2.45) is 5.92 Å². The van der Waals surface area contributed by atoms with Crippen LogP contribution in [0.4, 0.5) is 0 Å². The third-order valence-electron chi connectivity index (χ3n) is 4.21. The molecule has 118 valence electrons. The lowest BCUT2D eigenvalue weighted by atomic mass is 9.93. The zero-order valence-corrected chi connectivity index (χ0v) is 13.7. The Hall–Kier alpha value is -1.07. The summed E-state index contributed by atoms with van der Waals surface area (Å²) in [6.45, 7) is 2.95. The van der Waals surface area contributed by atoms with Crippen LogP contribution in [-0.2, 0) is 16.3 Å². The molecule has 21 heavy (non-hydrogen) atoms. The average Bonchev–Trinajstić information content (AvgIpc) is 2.84. The fraction of sp³-hybridized carbons (Fsp3) is 0.625. The van der Waals surface area contributed by atoms with Crippen molar-refractivity contribution in [2.45, 2.75) is 32.2 Å². The van der Waals surface area contributed by atoms with E-state index < -0.39 is 9.84 Å². The van der Waals surface area contributed by atoms with Crippen LogP contribution in [0.5, 0.6) is 5.75 Å². The Kier molecular flexibility index (Phi) is 5.65. The van der Waals surface area contributed by atoms with Crippen molar-refractivity contribution in [3.8, 4) is 5.75 Å². The molecule has 2 rings (SSSR count). The first-order valence-electron chi connectivity index (χ1n) is 7.61. The Morgan fingerprint density at radius 3 is 2.57 bits per heavy atom. The zero-order chi connectivity index (χ0) is 15.3. The molecule has 2 atom stereocenters. The highest BCUT2D eigenvalue weighted by Crippen LogP contribution is 2.24. The summed E-state index contributed by atoms with van der Waals surface area (Å²) in [7, 11) is -1.14. The molecule has 0 aromatic heterocycles. The van der Waals surface area contributed by atoms with Crippen molar-refractivity contribution in [2.75, 3.05) is 25.2 Å². The van der Waals surface area contributed by atoms with Gasteiger partial charge in [-0.1, -0.05) is 19.1 Å². The van der Waals surface area contributed by atoms with Gasteiger partial charge in [0.25, 0.3) is 0 Å². The van der Waals surface area contributed by atoms with Gasteiger partial charge < -0.3 is 10.1 Å². The van der Waals surface area contributed by atoms with Gasteiger partial charge in [-0.25, -0.2) is 8.42 Å². The van der Waals surface area contributed by atoms with Gasteiger partial charge >= 0.3 is 0 Å². The van der Waals surface area contributed by atoms with Crippen molar-refractivity contribution in [3.63, 3.8) is 0 Å². The molecule has 0 spiro atoms. The van der Waals surface area contributed by atoms with Gasteiger partial charge in [0.1, 0.15) is 5.75 Å². The number of nitrogens with one attached hydrogen (secondary N) is 1. The predicted molar refractivity (Wildman–Crippen MR) is 85.5 cm³/mol. The lowest BCUT2D eigenvalue weighted by molar-refractivity contribution is 0.368. The summed E-state index contributed by atoms with van der Waals surface area (Å²) in [6.07, 6.45) is 2.72. The summed E-state index contributed by atoms with van der Waals surface area (Å²) in [6, 6.07) is 8.38. The van der Waals surface area contributed by atoms with E-state index in [9.17, 15) is 8.42 Å². The minimum Gasteiger partial charge on any atom is -0.497 e. The van der Waals surface area contributed by atoms with Gasteiger partial charge in [-0.3, -0.25) is 0 Å². The number of sulfone groups is 1. The summed E-state index contributed by atoms with van der Waals surface area (Å²) in [5.74, 6) is 1.81. The van der Waals surface area contributed by atoms with Crippen molar-refractivity contribution >= 4 is 9.84 Å². The van der Waals surface area contributed by atoms with Crippen molar-refractivity contribution in [1.29, 1.82) is 0 Å². The molecule has 1 aliphatic rings. The normalized spacial score (nSPS) is 22.1. The fourth-order valence-corrected chi connectivity index (χ4v) is 4.90. The Labute approximate surface area is 127 Å². The molecule has 1 aliphatic heterocycles. The zero-order valence-electron chi connectivity index (χ0n) is 12.8. The molecule has 4 nitrogen and oxygen atoms in total. The van der Waals surface area contributed by atoms with E-state index in [0.29, 0.717) is 11.5 Å². The molecule has 5 heteroatoms. The molecule has 1 fully saturated rings. The van der Waals surface area contributed by atoms with Crippen LogP contribution in [-0.4, -0.2) is 39.6 Å². The maximum absolute atomic E-state index is 11.7. The summed E-state index contributed by atoms with van der Waals surface area (Å²) >= 11 is 0. The molecule has 1 saturated heterocycles. The number of rotatable bonds is 7. The van der Waals surface area contributed by atoms with E-state index in [1.807, 2.05) is 12.1 Å². The summed E-state index contributed by atoms with van der Waals surface area (Å²) in [5, 5.41) is 3.47. The molecule has 0 radical (unpaired) electrons. The first kappa shape index (κ1) is 16.3. The van der Waals surface area contributed by atoms with Gasteiger partial charge in [-0.15, -0.1) is 0 Å². The third kappa shape index (κ3) is 4.71. The van der Waals surface area contributed by atoms with Gasteiger partial charge in [0, 0.05) is 6.04 Å². The Balaban J connectivity index is 1.93. The summed E-state index contributed by atoms with van der Waals surface area (Å²) in [5.41, 5.74) is 1.26. The predicted octanol–water partition coefficient (Wildman–Crippen LogP) is 2.04. The van der Waals surface area contributed by atoms with Crippen molar-refractivity contribution < 1.29 is 13.2 Å². The lowest BCUT2D eigenvalue weighted by Gasteiger charge is -2.23. The monoisotopic (exact) mass is 311 g/mol. The number of hydrogen-bond acceptors (Lipinski definition) is 4. The third-order valence-corrected chi connectivity index (χ3v) is 6.00. The van der Waals surface area contributed by atoms with Gasteiger partial charge in [-0.2, -0.15) is 0 Å². The maximum atomic E-state index is 11.7. The Morgan fingerprint density at radius 1 is 1.33 bits per heavy atom. The molecule has 0 saturated carbocycles. The topological polar surface area (TPSA) is 55.4 Å². The molecule has 0 amide bonds. The molecule has 1 aromatic rings. The first-order valence-corrected chi connectivity index (χ1v) is 9.43. The van der Waals surface area contributed by atoms with Crippen LogP contribution in [0.3, 0.4) is 0 Å². The van der Waals surface area contributed by atoms with Crippen LogP contribution >= 0.6 is 0 Å². The minimum atomic E-state index is -2.81. The van der Waals surface area contributed by atoms with E-state index in [1.165, 1.54) is 5.56 Å². The molecule has 0 aliphatic carbocycles. The SMILES string of the molecule is CCNC(CCc1ccc(OC)cc1)C1CCS(=O)(=O)C1. The van der Waals surface area contributed by atoms with E-state index in [1.54, 1.807) is 7.11 Å². The molecule has 0 bridgehead atoms. The summed E-state index contributed by atoms with van der Waals surface area (Å²) < 4.78 is 28.5. The van der Waals surface area contributed by atoms with Crippen molar-refractivity contribution in [3.05, 3.63) is 29.8 Å². The van der Waals surface area contributed by atoms with Crippen LogP contribution in [0.25, 0.3) is 0 Å². The molecule has 2 unspecified atom stereocenters. The van der Waals surface area contributed by atoms with Crippen LogP contribution in [0, 0.1) is 5.92 Å². The second-order valence-electron chi connectivity index (χ2n) is 5.71. The highest BCUT2D eigenvalue weighted by Gasteiger charge is 2.32. The molecular formula is C16H25NO3S. The van der Waals surface area contributed by atoms with Crippen LogP contribution in [0.1, 0.15) is 25.3 Å². The molecule has 1 heterocycles. The van der Waals surface area contributed by atoms with Crippen LogP contribution in [0.2, 0.25) is 0 Å². The minimum absolute atomic E-state index is 0.258. The standard InChI is InChI=1S/C16H25NO3S/c1-3-17-16(14-10-11-21(18,19)12-14)9-6-13-4-7-15(20-2)8-5-13/h4-5,7-8,14,16-17H,3,6,9-12H2,1-2H3. The number of benzene rings is 1. The Bertz CT molecular complexity index is 539. The van der Waals surface area contributed by atoms with Crippen LogP contribution < -0.4 is 10.1 Å². The van der Waals surface area contributed by atoms with Gasteiger partial charge in [0.2, 0.25) is 0 Å². The van der Waals surface area contributed by atoms with Crippen LogP contribution in [0.15, 0.2) is 24.3 Å². The highest BCUT2D eigenvalue weighted by molar-refractivity contribution is 7.91. The summed E-state index contributed by atoms with van der Waals surface area (Å²) in [4.78, 5) is 0. The molecular weight excluding hydrogens is 286 g/mol. The number of ether oxygens (including phenoxy) is 1. The highest BCUT2D eigenvalue weighted by atomic mass is 32.2. The second-order valence-corrected chi connectivity index (χ2v) is 7.94. The van der Waals surface area contributed by atoms with Gasteiger partial charge in [0.05, 0.1) is 18.6 Å². The largest absolute Gasteiger partial charge is 0.497 e. The van der Waals surface area contributed by atoms with E-state index in [4.69, 9.17) is 4.74 Å². The number of hydrogen-bond donors (Lipinski definition) is 1. The van der Waals surface area contributed by atoms with Gasteiger partial charge in [-0.05, 0) is 49.4 Å². The average molecular weight is 311 g/mol.